The van der Waals surface area contributed by atoms with E-state index in [2.05, 4.69) is 20.6 Å². The fourth-order valence-electron chi connectivity index (χ4n) is 2.74. The molecule has 1 aliphatic rings. The Bertz CT molecular complexity index is 967. The number of anilines is 1. The van der Waals surface area contributed by atoms with Gasteiger partial charge in [0.05, 0.1) is 0 Å². The standard InChI is InChI=1S/C20H17ClF4N4/c21-15-4-2-5-16(10-15)28-18-6-1-3-14(19(29-18)20(23,24)25)12-26-11-13-7-8-27-17(22)9-13/h2-10,26,28H,1,11-12H2. The largest absolute Gasteiger partial charge is 0.433 e. The number of allylic oxidation sites excluding steroid dienone is 2. The third kappa shape index (κ3) is 6.13. The molecule has 0 saturated carbocycles. The quantitative estimate of drug-likeness (QED) is 0.492. The van der Waals surface area contributed by atoms with E-state index in [0.29, 0.717) is 16.3 Å². The molecule has 2 N–H and O–H groups in total. The van der Waals surface area contributed by atoms with Crippen molar-refractivity contribution in [3.8, 4) is 0 Å². The Morgan fingerprint density at radius 2 is 1.90 bits per heavy atom. The number of rotatable bonds is 6. The van der Waals surface area contributed by atoms with Crippen molar-refractivity contribution in [1.29, 1.82) is 0 Å². The fourth-order valence-corrected chi connectivity index (χ4v) is 2.93. The highest BCUT2D eigenvalue weighted by Crippen LogP contribution is 2.27. The summed E-state index contributed by atoms with van der Waals surface area (Å²) >= 11 is 5.92. The van der Waals surface area contributed by atoms with Crippen molar-refractivity contribution in [2.75, 3.05) is 11.9 Å². The summed E-state index contributed by atoms with van der Waals surface area (Å²) in [6, 6.07) is 9.45. The highest BCUT2D eigenvalue weighted by atomic mass is 35.5. The van der Waals surface area contributed by atoms with Crippen LogP contribution in [0.25, 0.3) is 0 Å². The van der Waals surface area contributed by atoms with Crippen LogP contribution in [-0.2, 0) is 6.54 Å². The lowest BCUT2D eigenvalue weighted by Gasteiger charge is -2.15. The van der Waals surface area contributed by atoms with E-state index < -0.39 is 17.8 Å². The molecule has 0 bridgehead atoms. The maximum atomic E-state index is 13.6. The molecule has 1 aromatic heterocycles. The summed E-state index contributed by atoms with van der Waals surface area (Å²) in [4.78, 5) is 7.26. The summed E-state index contributed by atoms with van der Waals surface area (Å²) in [5.74, 6) is -0.557. The van der Waals surface area contributed by atoms with Gasteiger partial charge in [0.1, 0.15) is 5.82 Å². The molecule has 0 atom stereocenters. The molecule has 0 amide bonds. The second-order valence-corrected chi connectivity index (χ2v) is 6.67. The lowest BCUT2D eigenvalue weighted by molar-refractivity contribution is -0.0583. The lowest BCUT2D eigenvalue weighted by atomic mass is 10.1. The van der Waals surface area contributed by atoms with Gasteiger partial charge in [0.2, 0.25) is 5.95 Å². The van der Waals surface area contributed by atoms with Gasteiger partial charge in [0.25, 0.3) is 0 Å². The number of nitrogens with one attached hydrogen (secondary N) is 2. The van der Waals surface area contributed by atoms with Crippen LogP contribution in [0, 0.1) is 5.95 Å². The van der Waals surface area contributed by atoms with Gasteiger partial charge in [-0.25, -0.2) is 9.98 Å². The van der Waals surface area contributed by atoms with Crippen LogP contribution in [0.4, 0.5) is 23.2 Å². The van der Waals surface area contributed by atoms with Crippen molar-refractivity contribution in [2.24, 2.45) is 4.99 Å². The minimum absolute atomic E-state index is 0.0196. The molecule has 4 nitrogen and oxygen atoms in total. The van der Waals surface area contributed by atoms with Crippen LogP contribution in [0.15, 0.2) is 71.1 Å². The van der Waals surface area contributed by atoms with Crippen molar-refractivity contribution in [3.05, 3.63) is 82.7 Å². The van der Waals surface area contributed by atoms with E-state index in [1.165, 1.54) is 18.3 Å². The third-order valence-corrected chi connectivity index (χ3v) is 4.25. The first-order chi connectivity index (χ1) is 13.8. The minimum Gasteiger partial charge on any atom is -0.340 e. The van der Waals surface area contributed by atoms with Gasteiger partial charge >= 0.3 is 6.18 Å². The molecule has 9 heteroatoms. The zero-order valence-corrected chi connectivity index (χ0v) is 15.9. The monoisotopic (exact) mass is 424 g/mol. The molecule has 0 radical (unpaired) electrons. The molecule has 3 rings (SSSR count). The van der Waals surface area contributed by atoms with E-state index in [9.17, 15) is 17.6 Å². The summed E-state index contributed by atoms with van der Waals surface area (Å²) in [6.45, 7) is 0.129. The van der Waals surface area contributed by atoms with E-state index in [1.807, 2.05) is 0 Å². The number of aromatic nitrogens is 1. The smallest absolute Gasteiger partial charge is 0.340 e. The third-order valence-electron chi connectivity index (χ3n) is 4.01. The van der Waals surface area contributed by atoms with Gasteiger partial charge in [-0.05, 0) is 54.0 Å². The van der Waals surface area contributed by atoms with E-state index in [4.69, 9.17) is 11.6 Å². The van der Waals surface area contributed by atoms with E-state index in [-0.39, 0.29) is 30.9 Å². The molecule has 2 aromatic rings. The van der Waals surface area contributed by atoms with Gasteiger partial charge in [-0.15, -0.1) is 0 Å². The summed E-state index contributed by atoms with van der Waals surface area (Å²) in [7, 11) is 0. The van der Waals surface area contributed by atoms with Crippen LogP contribution in [0.3, 0.4) is 0 Å². The Balaban J connectivity index is 1.73. The molecule has 0 aliphatic carbocycles. The molecular formula is C20H17ClF4N4. The van der Waals surface area contributed by atoms with Crippen molar-refractivity contribution < 1.29 is 17.6 Å². The van der Waals surface area contributed by atoms with Gasteiger partial charge in [-0.3, -0.25) is 0 Å². The summed E-state index contributed by atoms with van der Waals surface area (Å²) in [5.41, 5.74) is 0.157. The van der Waals surface area contributed by atoms with Crippen LogP contribution in [-0.4, -0.2) is 23.4 Å². The molecule has 1 aliphatic heterocycles. The molecule has 1 aromatic carbocycles. The number of halogens is 5. The molecule has 0 spiro atoms. The van der Waals surface area contributed by atoms with Gasteiger partial charge < -0.3 is 10.6 Å². The second kappa shape index (κ2) is 9.19. The summed E-state index contributed by atoms with van der Waals surface area (Å²) in [5, 5.41) is 6.21. The molecule has 0 fully saturated rings. The molecule has 2 heterocycles. The van der Waals surface area contributed by atoms with Gasteiger partial charge in [0.15, 0.2) is 5.71 Å². The second-order valence-electron chi connectivity index (χ2n) is 6.24. The highest BCUT2D eigenvalue weighted by molar-refractivity contribution is 6.30. The van der Waals surface area contributed by atoms with Gasteiger partial charge in [-0.2, -0.15) is 17.6 Å². The molecule has 152 valence electrons. The number of hydrogen-bond acceptors (Lipinski definition) is 4. The molecular weight excluding hydrogens is 408 g/mol. The normalized spacial score (nSPS) is 14.6. The van der Waals surface area contributed by atoms with E-state index in [0.717, 1.165) is 0 Å². The molecule has 29 heavy (non-hydrogen) atoms. The summed E-state index contributed by atoms with van der Waals surface area (Å²) < 4.78 is 54.0. The Morgan fingerprint density at radius 1 is 1.07 bits per heavy atom. The zero-order valence-electron chi connectivity index (χ0n) is 15.1. The van der Waals surface area contributed by atoms with Crippen molar-refractivity contribution in [3.63, 3.8) is 0 Å². The van der Waals surface area contributed by atoms with Crippen molar-refractivity contribution >= 4 is 23.0 Å². The Labute approximate surface area is 170 Å². The number of pyridine rings is 1. The van der Waals surface area contributed by atoms with E-state index >= 15 is 0 Å². The number of alkyl halides is 3. The first-order valence-electron chi connectivity index (χ1n) is 8.70. The Hall–Kier alpha value is -2.71. The number of benzene rings is 1. The van der Waals surface area contributed by atoms with Crippen LogP contribution < -0.4 is 10.6 Å². The Kier molecular flexibility index (Phi) is 6.66. The van der Waals surface area contributed by atoms with Crippen molar-refractivity contribution in [2.45, 2.75) is 19.1 Å². The fraction of sp³-hybridized carbons (Fsp3) is 0.200. The zero-order chi connectivity index (χ0) is 20.9. The SMILES string of the molecule is Fc1cc(CNCC2=CCC=C(Nc3cccc(Cl)c3)N=C2C(F)(F)F)ccn1. The average Bonchev–Trinajstić information content (AvgIpc) is 2.84. The van der Waals surface area contributed by atoms with Crippen LogP contribution in [0.5, 0.6) is 0 Å². The number of aliphatic imine (C=N–C) groups is 1. The van der Waals surface area contributed by atoms with E-state index in [1.54, 1.807) is 36.4 Å². The maximum absolute atomic E-state index is 13.6. The lowest BCUT2D eigenvalue weighted by Crippen LogP contribution is -2.30. The number of nitrogens with zero attached hydrogens (tertiary/aromatic N) is 2. The highest BCUT2D eigenvalue weighted by Gasteiger charge is 2.38. The summed E-state index contributed by atoms with van der Waals surface area (Å²) in [6.07, 6.45) is -0.0167. The minimum atomic E-state index is -4.63. The van der Waals surface area contributed by atoms with Crippen LogP contribution in [0.2, 0.25) is 5.02 Å². The first-order valence-corrected chi connectivity index (χ1v) is 9.08. The molecule has 0 unspecified atom stereocenters. The Morgan fingerprint density at radius 3 is 2.62 bits per heavy atom. The van der Waals surface area contributed by atoms with Crippen molar-refractivity contribution in [1.82, 2.24) is 10.3 Å². The topological polar surface area (TPSA) is 49.3 Å². The number of hydrogen-bond donors (Lipinski definition) is 2. The predicted molar refractivity (Wildman–Crippen MR) is 105 cm³/mol. The van der Waals surface area contributed by atoms with Gasteiger partial charge in [-0.1, -0.05) is 23.7 Å². The van der Waals surface area contributed by atoms with Crippen LogP contribution >= 0.6 is 11.6 Å². The average molecular weight is 425 g/mol. The predicted octanol–water partition coefficient (Wildman–Crippen LogP) is 5.25. The molecule has 0 saturated heterocycles. The van der Waals surface area contributed by atoms with Crippen LogP contribution in [0.1, 0.15) is 12.0 Å². The maximum Gasteiger partial charge on any atom is 0.433 e. The first kappa shape index (κ1) is 21.0. The van der Waals surface area contributed by atoms with Gasteiger partial charge in [0, 0.05) is 30.0 Å².